The van der Waals surface area contributed by atoms with Crippen molar-refractivity contribution in [1.82, 2.24) is 20.2 Å². The van der Waals surface area contributed by atoms with Gasteiger partial charge in [-0.1, -0.05) is 11.6 Å². The van der Waals surface area contributed by atoms with Gasteiger partial charge in [0, 0.05) is 36.4 Å². The largest absolute Gasteiger partial charge is 0.349 e. The van der Waals surface area contributed by atoms with E-state index in [-0.39, 0.29) is 36.0 Å². The van der Waals surface area contributed by atoms with Crippen LogP contribution in [0.15, 0.2) is 30.6 Å². The minimum absolute atomic E-state index is 0.0814. The molecule has 33 heavy (non-hydrogen) atoms. The number of aromatic nitrogens is 2. The van der Waals surface area contributed by atoms with E-state index >= 15 is 4.39 Å². The third kappa shape index (κ3) is 4.63. The molecule has 1 aliphatic rings. The van der Waals surface area contributed by atoms with E-state index in [1.54, 1.807) is 17.3 Å². The monoisotopic (exact) mass is 466 g/mol. The Morgan fingerprint density at radius 3 is 2.42 bits per heavy atom. The second-order valence-corrected chi connectivity index (χ2v) is 11.0. The fourth-order valence-electron chi connectivity index (χ4n) is 4.37. The molecule has 2 heterocycles. The number of nitrogens with zero attached hydrogens (tertiary/aromatic N) is 3. The second-order valence-electron chi connectivity index (χ2n) is 10.5. The number of carbonyl (C=O) groups is 1. The van der Waals surface area contributed by atoms with E-state index in [0.717, 1.165) is 5.56 Å². The SMILES string of the molecule is BC(B)(NCC1(F)CCN(C(=O)c2ccc(F)c(Cl)c2)C(B)(B)C1(B)B)c1ncc(C)cn1. The lowest BCUT2D eigenvalue weighted by atomic mass is 9.27. The van der Waals surface area contributed by atoms with Crippen LogP contribution in [0.5, 0.6) is 0 Å². The average molecular weight is 466 g/mol. The van der Waals surface area contributed by atoms with Gasteiger partial charge in [0.25, 0.3) is 5.91 Å². The van der Waals surface area contributed by atoms with Crippen LogP contribution in [0.1, 0.15) is 28.2 Å². The van der Waals surface area contributed by atoms with E-state index in [1.807, 2.05) is 54.0 Å². The van der Waals surface area contributed by atoms with E-state index in [1.165, 1.54) is 18.2 Å². The molecule has 1 aromatic carbocycles. The summed E-state index contributed by atoms with van der Waals surface area (Å²) < 4.78 is 30.2. The molecule has 0 bridgehead atoms. The van der Waals surface area contributed by atoms with Crippen LogP contribution in [-0.2, 0) is 5.34 Å². The van der Waals surface area contributed by atoms with Crippen LogP contribution in [0.25, 0.3) is 0 Å². The highest BCUT2D eigenvalue weighted by atomic mass is 35.5. The molecule has 1 N–H and O–H groups in total. The number of likely N-dealkylation sites (tertiary alicyclic amines) is 1. The van der Waals surface area contributed by atoms with Crippen LogP contribution < -0.4 is 5.32 Å². The summed E-state index contributed by atoms with van der Waals surface area (Å²) in [4.78, 5) is 23.8. The first kappa shape index (κ1) is 25.9. The molecule has 1 atom stereocenters. The molecule has 14 heteroatoms. The van der Waals surface area contributed by atoms with Crippen LogP contribution >= 0.6 is 11.6 Å². The van der Waals surface area contributed by atoms with E-state index in [2.05, 4.69) is 15.3 Å². The Balaban J connectivity index is 1.83. The Labute approximate surface area is 204 Å². The van der Waals surface area contributed by atoms with Crippen molar-refractivity contribution in [3.05, 3.63) is 58.4 Å². The van der Waals surface area contributed by atoms with Crippen LogP contribution in [0.4, 0.5) is 8.78 Å². The maximum Gasteiger partial charge on any atom is 0.253 e. The van der Waals surface area contributed by atoms with E-state index < -0.39 is 27.4 Å². The molecule has 0 spiro atoms. The number of hydrogen-bond donors (Lipinski definition) is 1. The third-order valence-corrected chi connectivity index (χ3v) is 7.91. The molecule has 1 amide bonds. The Bertz CT molecular complexity index is 1060. The Kier molecular flexibility index (Phi) is 6.91. The van der Waals surface area contributed by atoms with Crippen molar-refractivity contribution in [3.63, 3.8) is 0 Å². The van der Waals surface area contributed by atoms with Crippen molar-refractivity contribution in [2.45, 2.75) is 34.9 Å². The summed E-state index contributed by atoms with van der Waals surface area (Å²) in [6.07, 6.45) is 3.65. The number of aryl methyl sites for hydroxylation is 1. The highest BCUT2D eigenvalue weighted by molar-refractivity contribution is 6.55. The van der Waals surface area contributed by atoms with Gasteiger partial charge in [0.1, 0.15) is 64.4 Å². The minimum Gasteiger partial charge on any atom is -0.349 e. The first-order chi connectivity index (χ1) is 15.1. The summed E-state index contributed by atoms with van der Waals surface area (Å²) in [5.41, 5.74) is -0.360. The summed E-state index contributed by atoms with van der Waals surface area (Å²) in [6, 6.07) is 3.91. The quantitative estimate of drug-likeness (QED) is 0.482. The van der Waals surface area contributed by atoms with E-state index in [0.29, 0.717) is 5.82 Å². The van der Waals surface area contributed by atoms with Gasteiger partial charge in [-0.3, -0.25) is 4.79 Å². The van der Waals surface area contributed by atoms with Crippen molar-refractivity contribution in [1.29, 1.82) is 0 Å². The lowest BCUT2D eigenvalue weighted by Gasteiger charge is -2.61. The molecule has 2 aromatic rings. The summed E-state index contributed by atoms with van der Waals surface area (Å²) >= 11 is 5.89. The molecule has 1 fully saturated rings. The van der Waals surface area contributed by atoms with Gasteiger partial charge in [-0.15, -0.1) is 0 Å². The molecule has 0 saturated carbocycles. The number of rotatable bonds is 5. The molecule has 3 rings (SSSR count). The van der Waals surface area contributed by atoms with Crippen LogP contribution in [0.2, 0.25) is 10.2 Å². The Hall–Kier alpha value is -1.73. The number of nitrogens with one attached hydrogen (secondary N) is 1. The van der Waals surface area contributed by atoms with E-state index in [9.17, 15) is 9.18 Å². The van der Waals surface area contributed by atoms with Crippen molar-refractivity contribution in [2.75, 3.05) is 13.1 Å². The maximum atomic E-state index is 16.6. The molecule has 1 unspecified atom stereocenters. The molecule has 0 radical (unpaired) electrons. The van der Waals surface area contributed by atoms with E-state index in [4.69, 9.17) is 11.6 Å². The topological polar surface area (TPSA) is 58.1 Å². The fourth-order valence-corrected chi connectivity index (χ4v) is 4.55. The normalized spacial score (nSPS) is 22.1. The van der Waals surface area contributed by atoms with Crippen molar-refractivity contribution >= 4 is 64.6 Å². The molecule has 1 aromatic heterocycles. The number of alkyl halides is 1. The molecule has 1 saturated heterocycles. The molecule has 168 valence electrons. The smallest absolute Gasteiger partial charge is 0.253 e. The summed E-state index contributed by atoms with van der Waals surface area (Å²) in [5.74, 6) is -0.284. The number of hydrogen-bond acceptors (Lipinski definition) is 4. The lowest BCUT2D eigenvalue weighted by molar-refractivity contribution is 0.0132. The van der Waals surface area contributed by atoms with Gasteiger partial charge in [0.2, 0.25) is 0 Å². The third-order valence-electron chi connectivity index (χ3n) is 7.62. The second kappa shape index (κ2) is 8.80. The van der Waals surface area contributed by atoms with Gasteiger partial charge in [-0.2, -0.15) is 0 Å². The highest BCUT2D eigenvalue weighted by Crippen LogP contribution is 2.51. The van der Waals surface area contributed by atoms with Crippen LogP contribution in [0, 0.1) is 12.7 Å². The first-order valence-electron chi connectivity index (χ1n) is 11.1. The zero-order chi connectivity index (χ0) is 24.8. The Morgan fingerprint density at radius 2 is 1.85 bits per heavy atom. The number of carbonyl (C=O) groups excluding carboxylic acids is 1. The van der Waals surface area contributed by atoms with Gasteiger partial charge in [0.15, 0.2) is 0 Å². The molecular formula is C19H27B6ClF2N4O. The standard InChI is InChI=1S/C19H27B6ClF2N4O/c1-10-7-29-15(30-8-10)17(20,21)31-9-16(28)4-5-32(19(24,25)18(16,22)23)14(33)11-2-3-13(27)12(26)6-11/h2-3,6-8,31H,4-5,9,20-25H2,1H3. The van der Waals surface area contributed by atoms with Crippen LogP contribution in [0.3, 0.4) is 0 Å². The number of piperidine rings is 1. The molecule has 5 nitrogen and oxygen atoms in total. The number of benzene rings is 1. The average Bonchev–Trinajstić information content (AvgIpc) is 2.73. The zero-order valence-corrected chi connectivity index (χ0v) is 21.1. The van der Waals surface area contributed by atoms with Crippen molar-refractivity contribution < 1.29 is 13.6 Å². The zero-order valence-electron chi connectivity index (χ0n) is 20.4. The van der Waals surface area contributed by atoms with Gasteiger partial charge >= 0.3 is 0 Å². The van der Waals surface area contributed by atoms with Gasteiger partial charge < -0.3 is 10.2 Å². The highest BCUT2D eigenvalue weighted by Gasteiger charge is 2.59. The first-order valence-corrected chi connectivity index (χ1v) is 11.5. The lowest BCUT2D eigenvalue weighted by Crippen LogP contribution is -2.73. The van der Waals surface area contributed by atoms with Crippen LogP contribution in [-0.4, -0.2) is 91.9 Å². The molecular weight excluding hydrogens is 439 g/mol. The van der Waals surface area contributed by atoms with Gasteiger partial charge in [-0.25, -0.2) is 18.7 Å². The minimum atomic E-state index is -1.60. The van der Waals surface area contributed by atoms with Crippen molar-refractivity contribution in [2.24, 2.45) is 0 Å². The van der Waals surface area contributed by atoms with Crippen molar-refractivity contribution in [3.8, 4) is 0 Å². The fraction of sp³-hybridized carbons (Fsp3) is 0.421. The van der Waals surface area contributed by atoms with Gasteiger partial charge in [0.05, 0.1) is 5.02 Å². The van der Waals surface area contributed by atoms with Gasteiger partial charge in [-0.05, 0) is 47.7 Å². The summed E-state index contributed by atoms with van der Waals surface area (Å²) in [5, 5.41) is 0.843. The number of amides is 1. The summed E-state index contributed by atoms with van der Waals surface area (Å²) in [7, 11) is 11.3. The molecule has 1 aliphatic heterocycles. The predicted octanol–water partition coefficient (Wildman–Crippen LogP) is -2.90. The summed E-state index contributed by atoms with van der Waals surface area (Å²) in [6.45, 7) is 2.22. The molecule has 0 aliphatic carbocycles. The predicted molar refractivity (Wildman–Crippen MR) is 144 cm³/mol. The number of halogens is 3. The maximum absolute atomic E-state index is 16.6. The Morgan fingerprint density at radius 1 is 1.24 bits per heavy atom.